The average Bonchev–Trinajstić information content (AvgIpc) is 3.23. The predicted octanol–water partition coefficient (Wildman–Crippen LogP) is 6.50. The summed E-state index contributed by atoms with van der Waals surface area (Å²) in [6, 6.07) is 6.65. The van der Waals surface area contributed by atoms with Crippen LogP contribution in [0.2, 0.25) is 15.1 Å². The monoisotopic (exact) mass is 579 g/mol. The van der Waals surface area contributed by atoms with E-state index < -0.39 is 29.6 Å². The van der Waals surface area contributed by atoms with Gasteiger partial charge in [-0.15, -0.1) is 10.2 Å². The number of nitrogens with one attached hydrogen (secondary N) is 2. The molecule has 0 bridgehead atoms. The Bertz CT molecular complexity index is 1290. The molecule has 2 aromatic carbocycles. The first kappa shape index (κ1) is 28.1. The fourth-order valence-electron chi connectivity index (χ4n) is 3.12. The van der Waals surface area contributed by atoms with Crippen LogP contribution in [-0.2, 0) is 17.5 Å². The summed E-state index contributed by atoms with van der Waals surface area (Å²) in [7, 11) is 0. The van der Waals surface area contributed by atoms with Crippen LogP contribution in [0.4, 0.5) is 18.9 Å². The molecule has 1 atom stereocenters. The lowest BCUT2D eigenvalue weighted by Gasteiger charge is -2.15. The Balaban J connectivity index is 1.66. The van der Waals surface area contributed by atoms with Gasteiger partial charge < -0.3 is 15.2 Å². The summed E-state index contributed by atoms with van der Waals surface area (Å²) in [4.78, 5) is 25.0. The number of thioether (sulfide) groups is 1. The largest absolute Gasteiger partial charge is 0.416 e. The molecule has 0 saturated heterocycles. The Labute approximate surface area is 223 Å². The Hall–Kier alpha value is -2.47. The minimum Gasteiger partial charge on any atom is -0.342 e. The number of aromatic nitrogens is 3. The van der Waals surface area contributed by atoms with Crippen molar-refractivity contribution in [3.8, 4) is 0 Å². The van der Waals surface area contributed by atoms with Crippen LogP contribution in [-0.4, -0.2) is 32.3 Å². The van der Waals surface area contributed by atoms with Crippen LogP contribution in [0.25, 0.3) is 0 Å². The van der Waals surface area contributed by atoms with Crippen molar-refractivity contribution in [1.29, 1.82) is 0 Å². The lowest BCUT2D eigenvalue weighted by atomic mass is 10.2. The van der Waals surface area contributed by atoms with Crippen molar-refractivity contribution in [3.63, 3.8) is 0 Å². The highest BCUT2D eigenvalue weighted by Crippen LogP contribution is 2.34. The summed E-state index contributed by atoms with van der Waals surface area (Å²) in [6.07, 6.45) is -4.57. The molecule has 0 fully saturated rings. The van der Waals surface area contributed by atoms with Crippen molar-refractivity contribution in [2.75, 3.05) is 11.1 Å². The number of nitrogens with zero attached hydrogens (tertiary/aromatic N) is 3. The van der Waals surface area contributed by atoms with Crippen molar-refractivity contribution in [3.05, 3.63) is 68.4 Å². The van der Waals surface area contributed by atoms with Gasteiger partial charge in [0.15, 0.2) is 11.0 Å². The zero-order valence-corrected chi connectivity index (χ0v) is 21.9. The molecule has 7 nitrogen and oxygen atoms in total. The molecule has 0 aliphatic heterocycles. The molecular weight excluding hydrogens is 562 g/mol. The van der Waals surface area contributed by atoms with Crippen molar-refractivity contribution >= 4 is 64.1 Å². The molecule has 3 aromatic rings. The quantitative estimate of drug-likeness (QED) is 0.297. The van der Waals surface area contributed by atoms with E-state index in [1.54, 1.807) is 11.5 Å². The molecule has 0 spiro atoms. The maximum Gasteiger partial charge on any atom is 0.416 e. The summed E-state index contributed by atoms with van der Waals surface area (Å²) < 4.78 is 40.6. The summed E-state index contributed by atoms with van der Waals surface area (Å²) in [6.45, 7) is 4.01. The van der Waals surface area contributed by atoms with Crippen molar-refractivity contribution < 1.29 is 22.8 Å². The Morgan fingerprint density at radius 3 is 2.39 bits per heavy atom. The summed E-state index contributed by atoms with van der Waals surface area (Å²) >= 11 is 18.8. The van der Waals surface area contributed by atoms with Crippen molar-refractivity contribution in [2.45, 2.75) is 37.8 Å². The average molecular weight is 581 g/mol. The number of hydrogen-bond donors (Lipinski definition) is 2. The highest BCUT2D eigenvalue weighted by molar-refractivity contribution is 7.99. The SMILES string of the molecule is CCn1c(SCC(=O)Nc2cc(C(F)(F)F)ccc2Cl)nnc1[C@@H](C)NC(=O)c1ccc(Cl)c(Cl)c1. The first-order valence-corrected chi connectivity index (χ1v) is 12.5. The Morgan fingerprint density at radius 2 is 1.75 bits per heavy atom. The third-order valence-electron chi connectivity index (χ3n) is 4.88. The number of rotatable bonds is 8. The minimum absolute atomic E-state index is 0.0214. The van der Waals surface area contributed by atoms with E-state index in [9.17, 15) is 22.8 Å². The number of anilines is 1. The Morgan fingerprint density at radius 1 is 1.06 bits per heavy atom. The fraction of sp³-hybridized carbons (Fsp3) is 0.273. The molecule has 0 unspecified atom stereocenters. The van der Waals surface area contributed by atoms with Crippen LogP contribution in [0.15, 0.2) is 41.6 Å². The maximum absolute atomic E-state index is 13.0. The van der Waals surface area contributed by atoms with E-state index in [0.717, 1.165) is 30.0 Å². The molecular formula is C22H19Cl3F3N5O2S. The smallest absolute Gasteiger partial charge is 0.342 e. The molecule has 2 N–H and O–H groups in total. The molecule has 3 rings (SSSR count). The molecule has 36 heavy (non-hydrogen) atoms. The van der Waals surface area contributed by atoms with Gasteiger partial charge in [0, 0.05) is 12.1 Å². The van der Waals surface area contributed by atoms with E-state index >= 15 is 0 Å². The Kier molecular flexibility index (Phi) is 9.15. The van der Waals surface area contributed by atoms with Gasteiger partial charge in [-0.3, -0.25) is 9.59 Å². The molecule has 1 heterocycles. The topological polar surface area (TPSA) is 88.9 Å². The van der Waals surface area contributed by atoms with Gasteiger partial charge in [0.25, 0.3) is 5.91 Å². The van der Waals surface area contributed by atoms with E-state index in [0.29, 0.717) is 28.1 Å². The molecule has 2 amide bonds. The van der Waals surface area contributed by atoms with Crippen LogP contribution in [0, 0.1) is 0 Å². The van der Waals surface area contributed by atoms with Gasteiger partial charge in [-0.25, -0.2) is 0 Å². The van der Waals surface area contributed by atoms with Crippen molar-refractivity contribution in [2.24, 2.45) is 0 Å². The zero-order valence-electron chi connectivity index (χ0n) is 18.8. The van der Waals surface area contributed by atoms with Gasteiger partial charge in [0.2, 0.25) is 5.91 Å². The van der Waals surface area contributed by atoms with Gasteiger partial charge in [-0.2, -0.15) is 13.2 Å². The highest BCUT2D eigenvalue weighted by atomic mass is 35.5. The zero-order chi connectivity index (χ0) is 26.6. The number of hydrogen-bond acceptors (Lipinski definition) is 5. The second-order valence-corrected chi connectivity index (χ2v) is 9.60. The number of carbonyl (C=O) groups excluding carboxylic acids is 2. The molecule has 0 saturated carbocycles. The van der Waals surface area contributed by atoms with E-state index in [-0.39, 0.29) is 21.5 Å². The molecule has 1 aromatic heterocycles. The van der Waals surface area contributed by atoms with Gasteiger partial charge in [0.1, 0.15) is 0 Å². The number of amides is 2. The normalized spacial score (nSPS) is 12.3. The summed E-state index contributed by atoms with van der Waals surface area (Å²) in [5.74, 6) is -0.670. The molecule has 0 aliphatic carbocycles. The fourth-order valence-corrected chi connectivity index (χ4v) is 4.39. The number of alkyl halides is 3. The predicted molar refractivity (Wildman–Crippen MR) is 134 cm³/mol. The third kappa shape index (κ3) is 6.84. The second-order valence-electron chi connectivity index (χ2n) is 7.44. The third-order valence-corrected chi connectivity index (χ3v) is 6.91. The van der Waals surface area contributed by atoms with Crippen LogP contribution in [0.1, 0.15) is 41.6 Å². The number of carbonyl (C=O) groups is 2. The molecule has 0 radical (unpaired) electrons. The van der Waals surface area contributed by atoms with E-state index in [1.807, 2.05) is 6.92 Å². The van der Waals surface area contributed by atoms with E-state index in [4.69, 9.17) is 34.8 Å². The molecule has 0 aliphatic rings. The van der Waals surface area contributed by atoms with Gasteiger partial charge >= 0.3 is 6.18 Å². The molecule has 192 valence electrons. The lowest BCUT2D eigenvalue weighted by molar-refractivity contribution is -0.137. The number of halogens is 6. The standard InChI is InChI=1S/C22H19Cl3F3N5O2S/c1-3-33-19(11(2)29-20(35)12-4-6-14(23)16(25)8-12)31-32-21(33)36-10-18(34)30-17-9-13(22(26,27)28)5-7-15(17)24/h4-9,11H,3,10H2,1-2H3,(H,29,35)(H,30,34)/t11-/m1/s1. The van der Waals surface area contributed by atoms with Crippen LogP contribution < -0.4 is 10.6 Å². The first-order chi connectivity index (χ1) is 16.9. The maximum atomic E-state index is 13.0. The first-order valence-electron chi connectivity index (χ1n) is 10.4. The lowest BCUT2D eigenvalue weighted by Crippen LogP contribution is -2.28. The van der Waals surface area contributed by atoms with E-state index in [1.165, 1.54) is 18.2 Å². The minimum atomic E-state index is -4.57. The highest BCUT2D eigenvalue weighted by Gasteiger charge is 2.31. The van der Waals surface area contributed by atoms with Gasteiger partial charge in [0.05, 0.1) is 38.1 Å². The van der Waals surface area contributed by atoms with E-state index in [2.05, 4.69) is 20.8 Å². The molecule has 14 heteroatoms. The van der Waals surface area contributed by atoms with Gasteiger partial charge in [-0.1, -0.05) is 46.6 Å². The second kappa shape index (κ2) is 11.7. The summed E-state index contributed by atoms with van der Waals surface area (Å²) in [5.41, 5.74) is -0.756. The van der Waals surface area contributed by atoms with Crippen LogP contribution in [0.3, 0.4) is 0 Å². The van der Waals surface area contributed by atoms with Crippen molar-refractivity contribution in [1.82, 2.24) is 20.1 Å². The van der Waals surface area contributed by atoms with Crippen LogP contribution >= 0.6 is 46.6 Å². The van der Waals surface area contributed by atoms with Gasteiger partial charge in [-0.05, 0) is 50.2 Å². The number of benzene rings is 2. The summed E-state index contributed by atoms with van der Waals surface area (Å²) in [5, 5.41) is 14.4. The van der Waals surface area contributed by atoms with Crippen LogP contribution in [0.5, 0.6) is 0 Å².